The van der Waals surface area contributed by atoms with Crippen LogP contribution >= 0.6 is 0 Å². The first-order valence-corrected chi connectivity index (χ1v) is 5.32. The lowest BCUT2D eigenvalue weighted by Crippen LogP contribution is -1.82. The summed E-state index contributed by atoms with van der Waals surface area (Å²) >= 11 is 0. The van der Waals surface area contributed by atoms with Crippen LogP contribution in [0.3, 0.4) is 0 Å². The highest BCUT2D eigenvalue weighted by molar-refractivity contribution is 5.93. The highest BCUT2D eigenvalue weighted by Crippen LogP contribution is 2.23. The van der Waals surface area contributed by atoms with E-state index in [1.165, 1.54) is 27.5 Å². The van der Waals surface area contributed by atoms with Gasteiger partial charge >= 0.3 is 0 Å². The Morgan fingerprint density at radius 1 is 0.933 bits per heavy atom. The normalized spacial score (nSPS) is 10.3. The van der Waals surface area contributed by atoms with Gasteiger partial charge in [0.2, 0.25) is 0 Å². The molecule has 0 aliphatic heterocycles. The number of hydrogen-bond acceptors (Lipinski definition) is 0. The number of allylic oxidation sites excluding steroid dienone is 1. The number of benzene rings is 2. The zero-order chi connectivity index (χ0) is 10.8. The van der Waals surface area contributed by atoms with E-state index in [1.54, 1.807) is 0 Å². The van der Waals surface area contributed by atoms with Crippen molar-refractivity contribution in [3.05, 3.63) is 53.1 Å². The summed E-state index contributed by atoms with van der Waals surface area (Å²) < 4.78 is 0. The van der Waals surface area contributed by atoms with E-state index in [2.05, 4.69) is 63.2 Å². The Labute approximate surface area is 91.2 Å². The van der Waals surface area contributed by atoms with Gasteiger partial charge in [-0.05, 0) is 42.7 Å². The lowest BCUT2D eigenvalue weighted by Gasteiger charge is -2.05. The third-order valence-corrected chi connectivity index (χ3v) is 2.62. The molecule has 0 aromatic heterocycles. The molecule has 0 radical (unpaired) electrons. The molecule has 0 unspecified atom stereocenters. The molecule has 15 heavy (non-hydrogen) atoms. The second kappa shape index (κ2) is 3.90. The molecule has 2 rings (SSSR count). The summed E-state index contributed by atoms with van der Waals surface area (Å²) in [7, 11) is 0. The molecule has 0 bridgehead atoms. The molecule has 76 valence electrons. The van der Waals surface area contributed by atoms with E-state index in [4.69, 9.17) is 0 Å². The van der Waals surface area contributed by atoms with E-state index in [0.29, 0.717) is 0 Å². The molecule has 0 heteroatoms. The van der Waals surface area contributed by atoms with Gasteiger partial charge in [0.25, 0.3) is 0 Å². The van der Waals surface area contributed by atoms with Crippen LogP contribution in [0.2, 0.25) is 0 Å². The third kappa shape index (κ3) is 1.94. The minimum Gasteiger partial charge on any atom is -0.0758 e. The van der Waals surface area contributed by atoms with Gasteiger partial charge in [-0.15, -0.1) is 0 Å². The molecule has 2 aromatic carbocycles. The zero-order valence-electron chi connectivity index (χ0n) is 9.54. The van der Waals surface area contributed by atoms with Crippen LogP contribution in [-0.4, -0.2) is 0 Å². The smallest absolute Gasteiger partial charge is 0.0109 e. The molecule has 0 heterocycles. The molecule has 0 saturated carbocycles. The fourth-order valence-corrected chi connectivity index (χ4v) is 1.91. The second-order valence-corrected chi connectivity index (χ2v) is 4.24. The van der Waals surface area contributed by atoms with Gasteiger partial charge < -0.3 is 0 Å². The highest BCUT2D eigenvalue weighted by Gasteiger charge is 2.00. The molecule has 0 fully saturated rings. The van der Waals surface area contributed by atoms with Crippen molar-refractivity contribution in [2.24, 2.45) is 0 Å². The van der Waals surface area contributed by atoms with Crippen LogP contribution in [0.5, 0.6) is 0 Å². The summed E-state index contributed by atoms with van der Waals surface area (Å²) in [5.74, 6) is 0. The van der Waals surface area contributed by atoms with Crippen LogP contribution in [0, 0.1) is 6.92 Å². The molecule has 2 aromatic rings. The monoisotopic (exact) mass is 196 g/mol. The molecule has 0 spiro atoms. The minimum atomic E-state index is 1.32. The Morgan fingerprint density at radius 3 is 2.27 bits per heavy atom. The molecular formula is C15H16. The molecule has 0 saturated heterocycles. The van der Waals surface area contributed by atoms with E-state index < -0.39 is 0 Å². The van der Waals surface area contributed by atoms with Crippen LogP contribution in [0.25, 0.3) is 16.8 Å². The first-order chi connectivity index (χ1) is 7.18. The van der Waals surface area contributed by atoms with Crippen molar-refractivity contribution in [2.45, 2.75) is 20.8 Å². The molecular weight excluding hydrogens is 180 g/mol. The van der Waals surface area contributed by atoms with Crippen molar-refractivity contribution in [1.29, 1.82) is 0 Å². The Kier molecular flexibility index (Phi) is 2.59. The van der Waals surface area contributed by atoms with Crippen molar-refractivity contribution in [1.82, 2.24) is 0 Å². The van der Waals surface area contributed by atoms with Crippen LogP contribution in [0.4, 0.5) is 0 Å². The van der Waals surface area contributed by atoms with Gasteiger partial charge in [-0.2, -0.15) is 0 Å². The topological polar surface area (TPSA) is 0 Å². The number of rotatable bonds is 1. The van der Waals surface area contributed by atoms with Gasteiger partial charge in [0.1, 0.15) is 0 Å². The summed E-state index contributed by atoms with van der Waals surface area (Å²) in [6, 6.07) is 13.0. The predicted octanol–water partition coefficient (Wildman–Crippen LogP) is 4.57. The standard InChI is InChI=1S/C15H16/c1-11(2)10-13-9-8-12(3)14-6-4-5-7-15(13)14/h4-10H,1-3H3. The minimum absolute atomic E-state index is 1.32. The van der Waals surface area contributed by atoms with E-state index >= 15 is 0 Å². The molecule has 0 amide bonds. The summed E-state index contributed by atoms with van der Waals surface area (Å²) in [6.07, 6.45) is 2.24. The fourth-order valence-electron chi connectivity index (χ4n) is 1.91. The summed E-state index contributed by atoms with van der Waals surface area (Å²) in [4.78, 5) is 0. The van der Waals surface area contributed by atoms with E-state index in [1.807, 2.05) is 0 Å². The molecule has 0 nitrogen and oxygen atoms in total. The second-order valence-electron chi connectivity index (χ2n) is 4.24. The maximum Gasteiger partial charge on any atom is -0.0109 e. The van der Waals surface area contributed by atoms with E-state index in [9.17, 15) is 0 Å². The van der Waals surface area contributed by atoms with Gasteiger partial charge in [0.05, 0.1) is 0 Å². The van der Waals surface area contributed by atoms with Crippen molar-refractivity contribution in [2.75, 3.05) is 0 Å². The SMILES string of the molecule is CC(C)=Cc1ccc(C)c2ccccc12. The lowest BCUT2D eigenvalue weighted by atomic mass is 9.99. The van der Waals surface area contributed by atoms with Crippen molar-refractivity contribution in [3.63, 3.8) is 0 Å². The fraction of sp³-hybridized carbons (Fsp3) is 0.200. The van der Waals surface area contributed by atoms with Gasteiger partial charge in [0.15, 0.2) is 0 Å². The van der Waals surface area contributed by atoms with Crippen LogP contribution < -0.4 is 0 Å². The van der Waals surface area contributed by atoms with Crippen LogP contribution in [0.15, 0.2) is 42.0 Å². The quantitative estimate of drug-likeness (QED) is 0.626. The summed E-state index contributed by atoms with van der Waals surface area (Å²) in [6.45, 7) is 6.43. The van der Waals surface area contributed by atoms with Gasteiger partial charge in [-0.25, -0.2) is 0 Å². The highest BCUT2D eigenvalue weighted by atomic mass is 14.0. The summed E-state index contributed by atoms with van der Waals surface area (Å²) in [5, 5.41) is 2.70. The molecule has 0 aliphatic carbocycles. The predicted molar refractivity (Wildman–Crippen MR) is 68.0 cm³/mol. The average Bonchev–Trinajstić information content (AvgIpc) is 2.22. The Bertz CT molecular complexity index is 515. The Balaban J connectivity index is 2.77. The maximum atomic E-state index is 2.24. The maximum absolute atomic E-state index is 2.24. The van der Waals surface area contributed by atoms with E-state index in [0.717, 1.165) is 0 Å². The first kappa shape index (κ1) is 9.97. The largest absolute Gasteiger partial charge is 0.0758 e. The summed E-state index contributed by atoms with van der Waals surface area (Å²) in [5.41, 5.74) is 4.00. The Hall–Kier alpha value is -1.56. The zero-order valence-corrected chi connectivity index (χ0v) is 9.54. The van der Waals surface area contributed by atoms with Crippen LogP contribution in [0.1, 0.15) is 25.0 Å². The van der Waals surface area contributed by atoms with Crippen LogP contribution in [-0.2, 0) is 0 Å². The molecule has 0 atom stereocenters. The number of fused-ring (bicyclic) bond motifs is 1. The lowest BCUT2D eigenvalue weighted by molar-refractivity contribution is 1.42. The van der Waals surface area contributed by atoms with Crippen molar-refractivity contribution < 1.29 is 0 Å². The van der Waals surface area contributed by atoms with Gasteiger partial charge in [0, 0.05) is 0 Å². The first-order valence-electron chi connectivity index (χ1n) is 5.32. The number of hydrogen-bond donors (Lipinski definition) is 0. The van der Waals surface area contributed by atoms with Crippen molar-refractivity contribution in [3.8, 4) is 0 Å². The Morgan fingerprint density at radius 2 is 1.60 bits per heavy atom. The van der Waals surface area contributed by atoms with Gasteiger partial charge in [-0.1, -0.05) is 48.0 Å². The van der Waals surface area contributed by atoms with E-state index in [-0.39, 0.29) is 0 Å². The van der Waals surface area contributed by atoms with Crippen molar-refractivity contribution >= 4 is 16.8 Å². The molecule has 0 N–H and O–H groups in total. The average molecular weight is 196 g/mol. The molecule has 0 aliphatic rings. The number of aryl methyl sites for hydroxylation is 1. The van der Waals surface area contributed by atoms with Gasteiger partial charge in [-0.3, -0.25) is 0 Å². The third-order valence-electron chi connectivity index (χ3n) is 2.62.